The Morgan fingerprint density at radius 1 is 1.22 bits per heavy atom. The number of urea groups is 1. The van der Waals surface area contributed by atoms with Crippen molar-refractivity contribution in [2.24, 2.45) is 0 Å². The molecule has 0 atom stereocenters. The predicted molar refractivity (Wildman–Crippen MR) is 57.8 cm³/mol. The molecule has 3 N–H and O–H groups in total. The lowest BCUT2D eigenvalue weighted by Crippen LogP contribution is -2.45. The van der Waals surface area contributed by atoms with Gasteiger partial charge < -0.3 is 24.8 Å². The van der Waals surface area contributed by atoms with Gasteiger partial charge in [-0.2, -0.15) is 0 Å². The van der Waals surface area contributed by atoms with Crippen molar-refractivity contribution >= 4 is 18.0 Å². The Kier molecular flexibility index (Phi) is 4.73. The number of hydrogen-bond donors (Lipinski definition) is 3. The second kappa shape index (κ2) is 6.28. The first-order valence-corrected chi connectivity index (χ1v) is 4.98. The summed E-state index contributed by atoms with van der Waals surface area (Å²) in [5.74, 6) is -2.09. The van der Waals surface area contributed by atoms with Gasteiger partial charge in [0, 0.05) is 0 Å². The SMILES string of the molecule is O=C(O)CN(CC(=O)O)C(=O)NCc1ccco1. The highest BCUT2D eigenvalue weighted by atomic mass is 16.4. The van der Waals surface area contributed by atoms with Gasteiger partial charge >= 0.3 is 18.0 Å². The standard InChI is InChI=1S/C10H12N2O6/c13-8(14)5-12(6-9(15)16)10(17)11-4-7-2-1-3-18-7/h1-3H,4-6H2,(H,11,17)(H,13,14)(H,15,16). The topological polar surface area (TPSA) is 120 Å². The van der Waals surface area contributed by atoms with Crippen LogP contribution in [0.1, 0.15) is 5.76 Å². The van der Waals surface area contributed by atoms with Gasteiger partial charge in [-0.15, -0.1) is 0 Å². The van der Waals surface area contributed by atoms with E-state index < -0.39 is 31.1 Å². The molecule has 0 aliphatic rings. The Balaban J connectivity index is 2.52. The summed E-state index contributed by atoms with van der Waals surface area (Å²) in [7, 11) is 0. The summed E-state index contributed by atoms with van der Waals surface area (Å²) in [4.78, 5) is 33.2. The first kappa shape index (κ1) is 13.6. The Morgan fingerprint density at radius 3 is 2.28 bits per heavy atom. The number of rotatable bonds is 6. The summed E-state index contributed by atoms with van der Waals surface area (Å²) < 4.78 is 4.96. The lowest BCUT2D eigenvalue weighted by molar-refractivity contribution is -0.140. The highest BCUT2D eigenvalue weighted by Gasteiger charge is 2.19. The normalized spacial score (nSPS) is 9.78. The predicted octanol–water partition coefficient (Wildman–Crippen LogP) is -0.0396. The highest BCUT2D eigenvalue weighted by molar-refractivity contribution is 5.83. The summed E-state index contributed by atoms with van der Waals surface area (Å²) in [6.07, 6.45) is 1.42. The first-order valence-electron chi connectivity index (χ1n) is 4.98. The van der Waals surface area contributed by atoms with Gasteiger partial charge in [0.15, 0.2) is 0 Å². The van der Waals surface area contributed by atoms with Crippen molar-refractivity contribution in [1.82, 2.24) is 10.2 Å². The fraction of sp³-hybridized carbons (Fsp3) is 0.300. The molecule has 0 radical (unpaired) electrons. The van der Waals surface area contributed by atoms with Crippen LogP contribution in [0.15, 0.2) is 22.8 Å². The molecule has 0 bridgehead atoms. The molecular formula is C10H12N2O6. The summed E-state index contributed by atoms with van der Waals surface area (Å²) in [6.45, 7) is -1.31. The van der Waals surface area contributed by atoms with Crippen LogP contribution >= 0.6 is 0 Å². The minimum Gasteiger partial charge on any atom is -0.480 e. The molecule has 0 aromatic carbocycles. The summed E-state index contributed by atoms with van der Waals surface area (Å²) >= 11 is 0. The third kappa shape index (κ3) is 4.56. The zero-order valence-corrected chi connectivity index (χ0v) is 9.33. The third-order valence-electron chi connectivity index (χ3n) is 1.93. The van der Waals surface area contributed by atoms with Gasteiger partial charge in [-0.1, -0.05) is 0 Å². The monoisotopic (exact) mass is 256 g/mol. The maximum Gasteiger partial charge on any atom is 0.323 e. The Morgan fingerprint density at radius 2 is 1.83 bits per heavy atom. The molecule has 18 heavy (non-hydrogen) atoms. The zero-order chi connectivity index (χ0) is 13.5. The van der Waals surface area contributed by atoms with Crippen molar-refractivity contribution in [3.63, 3.8) is 0 Å². The van der Waals surface area contributed by atoms with Crippen LogP contribution in [0.3, 0.4) is 0 Å². The van der Waals surface area contributed by atoms with Crippen LogP contribution in [0.5, 0.6) is 0 Å². The highest BCUT2D eigenvalue weighted by Crippen LogP contribution is 1.99. The third-order valence-corrected chi connectivity index (χ3v) is 1.93. The van der Waals surface area contributed by atoms with E-state index >= 15 is 0 Å². The van der Waals surface area contributed by atoms with Gasteiger partial charge in [0.25, 0.3) is 0 Å². The van der Waals surface area contributed by atoms with E-state index in [1.807, 2.05) is 0 Å². The number of carboxylic acids is 2. The van der Waals surface area contributed by atoms with Gasteiger partial charge in [-0.3, -0.25) is 9.59 Å². The molecule has 8 heteroatoms. The Hall–Kier alpha value is -2.51. The molecule has 1 aromatic heterocycles. The number of nitrogens with zero attached hydrogens (tertiary/aromatic N) is 1. The minimum atomic E-state index is -1.29. The quantitative estimate of drug-likeness (QED) is 0.656. The summed E-state index contributed by atoms with van der Waals surface area (Å²) in [5, 5.41) is 19.5. The van der Waals surface area contributed by atoms with Gasteiger partial charge in [0.1, 0.15) is 18.8 Å². The molecule has 0 fully saturated rings. The Labute approximate surface area is 102 Å². The minimum absolute atomic E-state index is 0.0571. The van der Waals surface area contributed by atoms with Crippen LogP contribution in [-0.2, 0) is 16.1 Å². The Bertz CT molecular complexity index is 412. The fourth-order valence-electron chi connectivity index (χ4n) is 1.21. The number of hydrogen-bond acceptors (Lipinski definition) is 4. The smallest absolute Gasteiger partial charge is 0.323 e. The van der Waals surface area contributed by atoms with Crippen molar-refractivity contribution in [3.8, 4) is 0 Å². The fourth-order valence-corrected chi connectivity index (χ4v) is 1.21. The van der Waals surface area contributed by atoms with Crippen LogP contribution < -0.4 is 5.32 Å². The van der Waals surface area contributed by atoms with E-state index in [2.05, 4.69) is 5.32 Å². The number of carbonyl (C=O) groups is 3. The molecule has 1 heterocycles. The van der Waals surface area contributed by atoms with E-state index in [4.69, 9.17) is 14.6 Å². The molecule has 2 amide bonds. The van der Waals surface area contributed by atoms with Gasteiger partial charge in [0.05, 0.1) is 12.8 Å². The van der Waals surface area contributed by atoms with Gasteiger partial charge in [-0.25, -0.2) is 4.79 Å². The number of amides is 2. The number of nitrogens with one attached hydrogen (secondary N) is 1. The second-order valence-electron chi connectivity index (χ2n) is 3.38. The van der Waals surface area contributed by atoms with E-state index in [9.17, 15) is 14.4 Å². The van der Waals surface area contributed by atoms with E-state index in [0.717, 1.165) is 0 Å². The van der Waals surface area contributed by atoms with Crippen LogP contribution in [0.25, 0.3) is 0 Å². The molecule has 8 nitrogen and oxygen atoms in total. The first-order chi connectivity index (χ1) is 8.49. The molecule has 0 aliphatic heterocycles. The molecule has 0 spiro atoms. The average Bonchev–Trinajstić information content (AvgIpc) is 2.76. The molecular weight excluding hydrogens is 244 g/mol. The number of aliphatic carboxylic acids is 2. The number of carboxylic acid groups (broad SMARTS) is 2. The molecule has 0 saturated carbocycles. The van der Waals surface area contributed by atoms with Crippen molar-refractivity contribution in [2.45, 2.75) is 6.54 Å². The van der Waals surface area contributed by atoms with Gasteiger partial charge in [0.2, 0.25) is 0 Å². The van der Waals surface area contributed by atoms with Crippen LogP contribution in [0, 0.1) is 0 Å². The van der Waals surface area contributed by atoms with Crippen LogP contribution in [0.4, 0.5) is 4.79 Å². The molecule has 0 saturated heterocycles. The van der Waals surface area contributed by atoms with E-state index in [1.54, 1.807) is 12.1 Å². The molecule has 0 aliphatic carbocycles. The average molecular weight is 256 g/mol. The summed E-state index contributed by atoms with van der Waals surface area (Å²) in [6, 6.07) is 2.48. The lowest BCUT2D eigenvalue weighted by Gasteiger charge is -2.18. The van der Waals surface area contributed by atoms with Crippen molar-refractivity contribution < 1.29 is 29.0 Å². The van der Waals surface area contributed by atoms with E-state index in [-0.39, 0.29) is 6.54 Å². The zero-order valence-electron chi connectivity index (χ0n) is 9.33. The van der Waals surface area contributed by atoms with E-state index in [0.29, 0.717) is 10.7 Å². The molecule has 0 unspecified atom stereocenters. The van der Waals surface area contributed by atoms with Crippen molar-refractivity contribution in [1.29, 1.82) is 0 Å². The maximum absolute atomic E-state index is 11.6. The number of furan rings is 1. The largest absolute Gasteiger partial charge is 0.480 e. The maximum atomic E-state index is 11.6. The molecule has 1 aromatic rings. The lowest BCUT2D eigenvalue weighted by atomic mass is 10.4. The summed E-state index contributed by atoms with van der Waals surface area (Å²) in [5.41, 5.74) is 0. The van der Waals surface area contributed by atoms with Crippen molar-refractivity contribution in [3.05, 3.63) is 24.2 Å². The van der Waals surface area contributed by atoms with Gasteiger partial charge in [-0.05, 0) is 12.1 Å². The number of carbonyl (C=O) groups excluding carboxylic acids is 1. The van der Waals surface area contributed by atoms with E-state index in [1.165, 1.54) is 6.26 Å². The van der Waals surface area contributed by atoms with Crippen molar-refractivity contribution in [2.75, 3.05) is 13.1 Å². The van der Waals surface area contributed by atoms with Crippen LogP contribution in [0.2, 0.25) is 0 Å². The molecule has 1 rings (SSSR count). The second-order valence-corrected chi connectivity index (χ2v) is 3.38. The molecule has 98 valence electrons. The van der Waals surface area contributed by atoms with Crippen LogP contribution in [-0.4, -0.2) is 46.2 Å².